The minimum absolute atomic E-state index is 0.215. The van der Waals surface area contributed by atoms with Crippen molar-refractivity contribution in [2.75, 3.05) is 51.7 Å². The standard InChI is InChI=1S/C16H25N3O4S/c1-3-23-16(21)14-13(17)12(11(2)24-14)15(20)18-5-4-6-19-7-9-22-10-8-19/h3-10,17H2,1-2H3,(H,18,20)/p+1. The van der Waals surface area contributed by atoms with Crippen LogP contribution in [0.5, 0.6) is 0 Å². The van der Waals surface area contributed by atoms with Gasteiger partial charge in [-0.25, -0.2) is 4.79 Å². The van der Waals surface area contributed by atoms with Crippen LogP contribution < -0.4 is 16.0 Å². The predicted octanol–water partition coefficient (Wildman–Crippen LogP) is -0.150. The van der Waals surface area contributed by atoms with Crippen LogP contribution in [-0.4, -0.2) is 57.9 Å². The minimum Gasteiger partial charge on any atom is -0.462 e. The van der Waals surface area contributed by atoms with Gasteiger partial charge >= 0.3 is 5.97 Å². The van der Waals surface area contributed by atoms with Gasteiger partial charge in [0.2, 0.25) is 0 Å². The van der Waals surface area contributed by atoms with Crippen molar-refractivity contribution in [3.8, 4) is 0 Å². The van der Waals surface area contributed by atoms with E-state index in [-0.39, 0.29) is 18.2 Å². The van der Waals surface area contributed by atoms with Crippen LogP contribution in [0.15, 0.2) is 0 Å². The molecule has 1 aliphatic heterocycles. The molecule has 1 aromatic heterocycles. The molecule has 0 saturated carbocycles. The van der Waals surface area contributed by atoms with Gasteiger partial charge in [0, 0.05) is 17.8 Å². The molecular weight excluding hydrogens is 330 g/mol. The molecule has 134 valence electrons. The summed E-state index contributed by atoms with van der Waals surface area (Å²) in [5.74, 6) is -0.702. The van der Waals surface area contributed by atoms with Crippen LogP contribution in [0.2, 0.25) is 0 Å². The average Bonchev–Trinajstić information content (AvgIpc) is 2.87. The number of amides is 1. The lowest BCUT2D eigenvalue weighted by molar-refractivity contribution is -0.908. The van der Waals surface area contributed by atoms with E-state index in [0.717, 1.165) is 44.1 Å². The molecule has 7 nitrogen and oxygen atoms in total. The molecule has 1 aliphatic rings. The van der Waals surface area contributed by atoms with Crippen molar-refractivity contribution in [1.29, 1.82) is 0 Å². The van der Waals surface area contributed by atoms with Crippen LogP contribution >= 0.6 is 11.3 Å². The number of ether oxygens (including phenoxy) is 2. The smallest absolute Gasteiger partial charge is 0.350 e. The Kier molecular flexibility index (Phi) is 7.01. The number of nitrogen functional groups attached to an aromatic ring is 1. The van der Waals surface area contributed by atoms with Gasteiger partial charge in [-0.15, -0.1) is 11.3 Å². The molecule has 0 radical (unpaired) electrons. The second-order valence-corrected chi connectivity index (χ2v) is 6.94. The Morgan fingerprint density at radius 2 is 2.08 bits per heavy atom. The summed E-state index contributed by atoms with van der Waals surface area (Å²) in [5.41, 5.74) is 6.59. The van der Waals surface area contributed by atoms with Gasteiger partial charge in [-0.2, -0.15) is 0 Å². The first-order valence-corrected chi connectivity index (χ1v) is 9.11. The van der Waals surface area contributed by atoms with Gasteiger partial charge in [-0.05, 0) is 13.8 Å². The van der Waals surface area contributed by atoms with E-state index < -0.39 is 5.97 Å². The van der Waals surface area contributed by atoms with Crippen LogP contribution in [0.1, 0.15) is 38.3 Å². The molecule has 0 atom stereocenters. The Balaban J connectivity index is 1.86. The summed E-state index contributed by atoms with van der Waals surface area (Å²) in [5, 5.41) is 2.90. The highest BCUT2D eigenvalue weighted by Crippen LogP contribution is 2.31. The normalized spacial score (nSPS) is 15.2. The molecule has 1 fully saturated rings. The third kappa shape index (κ3) is 4.68. The first kappa shape index (κ1) is 18.7. The topological polar surface area (TPSA) is 95.1 Å². The highest BCUT2D eigenvalue weighted by molar-refractivity contribution is 7.15. The number of quaternary nitrogens is 1. The van der Waals surface area contributed by atoms with Gasteiger partial charge in [0.15, 0.2) is 0 Å². The lowest BCUT2D eigenvalue weighted by Gasteiger charge is -2.23. The minimum atomic E-state index is -0.474. The van der Waals surface area contributed by atoms with E-state index in [2.05, 4.69) is 5.32 Å². The van der Waals surface area contributed by atoms with Crippen molar-refractivity contribution in [2.45, 2.75) is 20.3 Å². The first-order valence-electron chi connectivity index (χ1n) is 8.30. The van der Waals surface area contributed by atoms with Gasteiger partial charge in [0.05, 0.1) is 37.6 Å². The number of esters is 1. The maximum absolute atomic E-state index is 12.4. The molecule has 1 amide bonds. The second-order valence-electron chi connectivity index (χ2n) is 5.72. The van der Waals surface area contributed by atoms with Crippen molar-refractivity contribution < 1.29 is 24.0 Å². The molecule has 0 spiro atoms. The second kappa shape index (κ2) is 9.00. The summed E-state index contributed by atoms with van der Waals surface area (Å²) in [6.07, 6.45) is 0.898. The summed E-state index contributed by atoms with van der Waals surface area (Å²) in [7, 11) is 0. The third-order valence-corrected chi connectivity index (χ3v) is 5.10. The van der Waals surface area contributed by atoms with Gasteiger partial charge in [0.25, 0.3) is 5.91 Å². The van der Waals surface area contributed by atoms with Crippen LogP contribution in [0, 0.1) is 6.92 Å². The van der Waals surface area contributed by atoms with E-state index in [0.29, 0.717) is 17.0 Å². The maximum atomic E-state index is 12.4. The van der Waals surface area contributed by atoms with Gasteiger partial charge in [-0.1, -0.05) is 0 Å². The van der Waals surface area contributed by atoms with Crippen LogP contribution in [0.25, 0.3) is 0 Å². The number of nitrogens with one attached hydrogen (secondary N) is 2. The summed E-state index contributed by atoms with van der Waals surface area (Å²) in [6.45, 7) is 9.06. The Labute approximate surface area is 146 Å². The highest BCUT2D eigenvalue weighted by atomic mass is 32.1. The number of thiophene rings is 1. The summed E-state index contributed by atoms with van der Waals surface area (Å²) >= 11 is 1.20. The van der Waals surface area contributed by atoms with Crippen LogP contribution in [0.4, 0.5) is 5.69 Å². The van der Waals surface area contributed by atoms with Crippen LogP contribution in [0.3, 0.4) is 0 Å². The SMILES string of the molecule is CCOC(=O)c1sc(C)c(C(=O)NCCC[NH+]2CCOCC2)c1N. The van der Waals surface area contributed by atoms with Gasteiger partial charge in [0.1, 0.15) is 18.0 Å². The Morgan fingerprint density at radius 3 is 2.75 bits per heavy atom. The Bertz CT molecular complexity index is 582. The van der Waals surface area contributed by atoms with E-state index in [9.17, 15) is 9.59 Å². The largest absolute Gasteiger partial charge is 0.462 e. The van der Waals surface area contributed by atoms with Crippen molar-refractivity contribution in [1.82, 2.24) is 5.32 Å². The Morgan fingerprint density at radius 1 is 1.38 bits per heavy atom. The van der Waals surface area contributed by atoms with E-state index in [1.165, 1.54) is 16.2 Å². The molecule has 2 heterocycles. The quantitative estimate of drug-likeness (QED) is 0.467. The zero-order valence-corrected chi connectivity index (χ0v) is 15.1. The molecule has 0 bridgehead atoms. The number of morpholine rings is 1. The van der Waals surface area contributed by atoms with E-state index in [1.54, 1.807) is 13.8 Å². The first-order chi connectivity index (χ1) is 11.5. The number of hydrogen-bond donors (Lipinski definition) is 3. The molecule has 24 heavy (non-hydrogen) atoms. The number of hydrogen-bond acceptors (Lipinski definition) is 6. The Hall–Kier alpha value is -1.64. The molecule has 1 aromatic rings. The molecule has 1 saturated heterocycles. The number of carbonyl (C=O) groups is 2. The zero-order chi connectivity index (χ0) is 17.5. The number of carbonyl (C=O) groups excluding carboxylic acids is 2. The number of anilines is 1. The number of aryl methyl sites for hydroxylation is 1. The lowest BCUT2D eigenvalue weighted by atomic mass is 10.2. The predicted molar refractivity (Wildman–Crippen MR) is 92.8 cm³/mol. The number of rotatable bonds is 7. The van der Waals surface area contributed by atoms with Crippen molar-refractivity contribution in [3.63, 3.8) is 0 Å². The monoisotopic (exact) mass is 356 g/mol. The molecular formula is C16H26N3O4S+. The van der Waals surface area contributed by atoms with Gasteiger partial charge < -0.3 is 25.4 Å². The molecule has 0 aromatic carbocycles. The number of nitrogens with two attached hydrogens (primary N) is 1. The maximum Gasteiger partial charge on any atom is 0.350 e. The summed E-state index contributed by atoms with van der Waals surface area (Å²) in [4.78, 5) is 26.8. The molecule has 0 aliphatic carbocycles. The molecule has 4 N–H and O–H groups in total. The molecule has 0 unspecified atom stereocenters. The van der Waals surface area contributed by atoms with E-state index >= 15 is 0 Å². The fraction of sp³-hybridized carbons (Fsp3) is 0.625. The van der Waals surface area contributed by atoms with E-state index in [1.807, 2.05) is 0 Å². The lowest BCUT2D eigenvalue weighted by Crippen LogP contribution is -3.14. The van der Waals surface area contributed by atoms with Crippen molar-refractivity contribution in [3.05, 3.63) is 15.3 Å². The van der Waals surface area contributed by atoms with E-state index in [4.69, 9.17) is 15.2 Å². The highest BCUT2D eigenvalue weighted by Gasteiger charge is 2.24. The fourth-order valence-corrected chi connectivity index (χ4v) is 3.70. The summed E-state index contributed by atoms with van der Waals surface area (Å²) < 4.78 is 10.3. The van der Waals surface area contributed by atoms with Crippen molar-refractivity contribution >= 4 is 28.9 Å². The van der Waals surface area contributed by atoms with Crippen molar-refractivity contribution in [2.24, 2.45) is 0 Å². The zero-order valence-electron chi connectivity index (χ0n) is 14.3. The fourth-order valence-electron chi connectivity index (χ4n) is 2.73. The molecule has 8 heteroatoms. The third-order valence-electron chi connectivity index (χ3n) is 4.00. The summed E-state index contributed by atoms with van der Waals surface area (Å²) in [6, 6.07) is 0. The average molecular weight is 356 g/mol. The van der Waals surface area contributed by atoms with Gasteiger partial charge in [-0.3, -0.25) is 4.79 Å². The molecule has 2 rings (SSSR count). The van der Waals surface area contributed by atoms with Crippen LogP contribution in [-0.2, 0) is 9.47 Å².